The number of hydrogen-bond donors (Lipinski definition) is 1. The van der Waals surface area contributed by atoms with Gasteiger partial charge >= 0.3 is 0 Å². The molecule has 0 aliphatic carbocycles. The Morgan fingerprint density at radius 1 is 1.29 bits per heavy atom. The van der Waals surface area contributed by atoms with E-state index in [0.717, 1.165) is 13.1 Å². The van der Waals surface area contributed by atoms with Gasteiger partial charge in [0.1, 0.15) is 18.2 Å². The Morgan fingerprint density at radius 2 is 2.07 bits per heavy atom. The third kappa shape index (κ3) is 2.33. The minimum atomic E-state index is -0.237. The van der Waals surface area contributed by atoms with Crippen molar-refractivity contribution in [1.29, 1.82) is 0 Å². The summed E-state index contributed by atoms with van der Waals surface area (Å²) in [6.45, 7) is 2.39. The van der Waals surface area contributed by atoms with Crippen LogP contribution in [-0.4, -0.2) is 19.7 Å². The van der Waals surface area contributed by atoms with E-state index >= 15 is 0 Å². The van der Waals surface area contributed by atoms with Crippen LogP contribution in [0.1, 0.15) is 0 Å². The van der Waals surface area contributed by atoms with Gasteiger partial charge in [-0.25, -0.2) is 4.39 Å². The van der Waals surface area contributed by atoms with Gasteiger partial charge < -0.3 is 10.1 Å². The maximum absolute atomic E-state index is 12.6. The molecule has 0 saturated carbocycles. The van der Waals surface area contributed by atoms with Gasteiger partial charge in [0, 0.05) is 13.1 Å². The number of rotatable bonds is 3. The molecule has 2 nitrogen and oxygen atoms in total. The van der Waals surface area contributed by atoms with Crippen molar-refractivity contribution in [2.75, 3.05) is 19.7 Å². The van der Waals surface area contributed by atoms with Gasteiger partial charge in [-0.2, -0.15) is 0 Å². The second-order valence-corrected chi connectivity index (χ2v) is 3.24. The van der Waals surface area contributed by atoms with Gasteiger partial charge in [-0.3, -0.25) is 0 Å². The molecule has 1 aliphatic rings. The summed E-state index contributed by atoms with van der Waals surface area (Å²) >= 11 is 0. The monoisotopic (exact) mass is 193 g/mol. The second-order valence-electron chi connectivity index (χ2n) is 3.24. The van der Waals surface area contributed by atoms with E-state index in [4.69, 9.17) is 4.74 Å². The van der Waals surface area contributed by atoms with E-state index in [1.54, 1.807) is 12.1 Å². The molecule has 0 unspecified atom stereocenters. The van der Waals surface area contributed by atoms with Crippen molar-refractivity contribution in [2.45, 2.75) is 0 Å². The molecule has 14 heavy (non-hydrogen) atoms. The summed E-state index contributed by atoms with van der Waals surface area (Å²) < 4.78 is 18.0. The zero-order valence-corrected chi connectivity index (χ0v) is 7.79. The molecule has 1 N–H and O–H groups in total. The molecule has 0 atom stereocenters. The molecule has 74 valence electrons. The third-order valence-electron chi connectivity index (χ3n) is 2.13. The fourth-order valence-corrected chi connectivity index (χ4v) is 1.34. The summed E-state index contributed by atoms with van der Waals surface area (Å²) in [5.41, 5.74) is 1.24. The van der Waals surface area contributed by atoms with Crippen molar-refractivity contribution < 1.29 is 9.13 Å². The fraction of sp³-hybridized carbons (Fsp3) is 0.273. The molecule has 1 aromatic rings. The molecular weight excluding hydrogens is 181 g/mol. The minimum absolute atomic E-state index is 0.237. The summed E-state index contributed by atoms with van der Waals surface area (Å²) in [7, 11) is 0. The van der Waals surface area contributed by atoms with Crippen molar-refractivity contribution in [3.05, 3.63) is 41.7 Å². The predicted molar refractivity (Wildman–Crippen MR) is 52.8 cm³/mol. The molecule has 3 heteroatoms. The van der Waals surface area contributed by atoms with Crippen LogP contribution in [-0.2, 0) is 0 Å². The van der Waals surface area contributed by atoms with Gasteiger partial charge in [0.15, 0.2) is 0 Å². The molecule has 2 rings (SSSR count). The van der Waals surface area contributed by atoms with Crippen LogP contribution >= 0.6 is 0 Å². The number of nitrogens with one attached hydrogen (secondary N) is 1. The molecule has 0 aromatic heterocycles. The van der Waals surface area contributed by atoms with Crippen LogP contribution in [0.15, 0.2) is 35.9 Å². The molecular formula is C11H12FNO. The first-order chi connectivity index (χ1) is 6.84. The minimum Gasteiger partial charge on any atom is -0.489 e. The maximum Gasteiger partial charge on any atom is 0.123 e. The molecule has 0 fully saturated rings. The van der Waals surface area contributed by atoms with E-state index < -0.39 is 0 Å². The molecule has 1 aromatic carbocycles. The van der Waals surface area contributed by atoms with Crippen LogP contribution in [0.4, 0.5) is 4.39 Å². The predicted octanol–water partition coefficient (Wildman–Crippen LogP) is 1.73. The van der Waals surface area contributed by atoms with Gasteiger partial charge in [0.05, 0.1) is 0 Å². The lowest BCUT2D eigenvalue weighted by molar-refractivity contribution is 0.350. The number of ether oxygens (including phenoxy) is 1. The molecule has 0 saturated heterocycles. The Labute approximate surface area is 82.4 Å². The highest BCUT2D eigenvalue weighted by Crippen LogP contribution is 2.12. The zero-order valence-electron chi connectivity index (χ0n) is 7.79. The Morgan fingerprint density at radius 3 is 2.71 bits per heavy atom. The highest BCUT2D eigenvalue weighted by molar-refractivity contribution is 5.23. The molecule has 1 aliphatic heterocycles. The summed E-state index contributed by atoms with van der Waals surface area (Å²) in [5.74, 6) is 0.471. The number of hydrogen-bond acceptors (Lipinski definition) is 2. The standard InChI is InChI=1S/C11H12FNO/c12-10-1-3-11(4-2-10)14-8-9-5-6-13-7-9/h1-5,13H,6-8H2. The zero-order chi connectivity index (χ0) is 9.80. The Bertz CT molecular complexity index is 332. The first kappa shape index (κ1) is 9.21. The fourth-order valence-electron chi connectivity index (χ4n) is 1.34. The van der Waals surface area contributed by atoms with Crippen LogP contribution in [0, 0.1) is 5.82 Å². The topological polar surface area (TPSA) is 21.3 Å². The van der Waals surface area contributed by atoms with E-state index in [0.29, 0.717) is 12.4 Å². The van der Waals surface area contributed by atoms with Crippen molar-refractivity contribution in [3.63, 3.8) is 0 Å². The van der Waals surface area contributed by atoms with Crippen LogP contribution in [0.5, 0.6) is 5.75 Å². The highest BCUT2D eigenvalue weighted by atomic mass is 19.1. The van der Waals surface area contributed by atoms with Gasteiger partial charge in [-0.15, -0.1) is 0 Å². The van der Waals surface area contributed by atoms with E-state index in [1.165, 1.54) is 17.7 Å². The normalized spacial score (nSPS) is 15.4. The Hall–Kier alpha value is -1.35. The van der Waals surface area contributed by atoms with E-state index in [-0.39, 0.29) is 5.82 Å². The van der Waals surface area contributed by atoms with E-state index in [1.807, 2.05) is 0 Å². The maximum atomic E-state index is 12.6. The van der Waals surface area contributed by atoms with E-state index in [2.05, 4.69) is 11.4 Å². The molecule has 1 heterocycles. The summed E-state index contributed by atoms with van der Waals surface area (Å²) in [5, 5.41) is 3.19. The van der Waals surface area contributed by atoms with Gasteiger partial charge in [0.25, 0.3) is 0 Å². The van der Waals surface area contributed by atoms with Crippen molar-refractivity contribution in [1.82, 2.24) is 5.32 Å². The summed E-state index contributed by atoms with van der Waals surface area (Å²) in [4.78, 5) is 0. The Kier molecular flexibility index (Phi) is 2.79. The van der Waals surface area contributed by atoms with Gasteiger partial charge in [-0.05, 0) is 29.8 Å². The molecule has 0 amide bonds. The third-order valence-corrected chi connectivity index (χ3v) is 2.13. The first-order valence-corrected chi connectivity index (χ1v) is 4.61. The highest BCUT2D eigenvalue weighted by Gasteiger charge is 2.03. The SMILES string of the molecule is Fc1ccc(OCC2=CCNC2)cc1. The molecule has 0 bridgehead atoms. The smallest absolute Gasteiger partial charge is 0.123 e. The molecule has 0 radical (unpaired) electrons. The quantitative estimate of drug-likeness (QED) is 0.738. The van der Waals surface area contributed by atoms with Crippen LogP contribution in [0.3, 0.4) is 0 Å². The number of benzene rings is 1. The lowest BCUT2D eigenvalue weighted by Crippen LogP contribution is -2.11. The van der Waals surface area contributed by atoms with Crippen molar-refractivity contribution in [3.8, 4) is 5.75 Å². The molecule has 0 spiro atoms. The van der Waals surface area contributed by atoms with Crippen LogP contribution < -0.4 is 10.1 Å². The lowest BCUT2D eigenvalue weighted by Gasteiger charge is -2.05. The summed E-state index contributed by atoms with van der Waals surface area (Å²) in [6, 6.07) is 6.07. The van der Waals surface area contributed by atoms with Crippen LogP contribution in [0.2, 0.25) is 0 Å². The van der Waals surface area contributed by atoms with Gasteiger partial charge in [-0.1, -0.05) is 6.08 Å². The largest absolute Gasteiger partial charge is 0.489 e. The lowest BCUT2D eigenvalue weighted by atomic mass is 10.3. The number of halogens is 1. The van der Waals surface area contributed by atoms with Crippen LogP contribution in [0.25, 0.3) is 0 Å². The van der Waals surface area contributed by atoms with Crippen molar-refractivity contribution in [2.24, 2.45) is 0 Å². The first-order valence-electron chi connectivity index (χ1n) is 4.61. The van der Waals surface area contributed by atoms with E-state index in [9.17, 15) is 4.39 Å². The Balaban J connectivity index is 1.88. The average Bonchev–Trinajstić information content (AvgIpc) is 2.70. The average molecular weight is 193 g/mol. The van der Waals surface area contributed by atoms with Crippen molar-refractivity contribution >= 4 is 0 Å². The van der Waals surface area contributed by atoms with Gasteiger partial charge in [0.2, 0.25) is 0 Å². The second kappa shape index (κ2) is 4.24. The summed E-state index contributed by atoms with van der Waals surface area (Å²) in [6.07, 6.45) is 2.11.